The Balaban J connectivity index is 5.15. The highest BCUT2D eigenvalue weighted by molar-refractivity contribution is 5.53. The van der Waals surface area contributed by atoms with Crippen LogP contribution in [0.15, 0.2) is 40.4 Å². The number of nitrogens with zero attached hydrogens (tertiary/aromatic N) is 1. The summed E-state index contributed by atoms with van der Waals surface area (Å²) >= 11 is 0. The van der Waals surface area contributed by atoms with Gasteiger partial charge in [0, 0.05) is 12.0 Å². The predicted octanol–water partition coefficient (Wildman–Crippen LogP) is 5.62. The summed E-state index contributed by atoms with van der Waals surface area (Å²) in [6, 6.07) is 0. The molecule has 0 heterocycles. The predicted molar refractivity (Wildman–Crippen MR) is 90.4 cm³/mol. The molecular weight excluding hydrogens is 265 g/mol. The molecule has 1 unspecified atom stereocenters. The fraction of sp³-hybridized carbons (Fsp3) is 0.611. The van der Waals surface area contributed by atoms with E-state index in [4.69, 9.17) is 4.74 Å². The van der Waals surface area contributed by atoms with Gasteiger partial charge in [-0.2, -0.15) is 0 Å². The van der Waals surface area contributed by atoms with Crippen LogP contribution in [0.25, 0.3) is 0 Å². The van der Waals surface area contributed by atoms with Gasteiger partial charge in [-0.25, -0.2) is 4.39 Å². The van der Waals surface area contributed by atoms with Gasteiger partial charge in [0.25, 0.3) is 0 Å². The lowest BCUT2D eigenvalue weighted by Crippen LogP contribution is -2.04. The molecule has 0 N–H and O–H groups in total. The minimum Gasteiger partial charge on any atom is -0.498 e. The Hall–Kier alpha value is -1.38. The van der Waals surface area contributed by atoms with Crippen molar-refractivity contribution in [1.82, 2.24) is 0 Å². The highest BCUT2D eigenvalue weighted by Gasteiger charge is 2.16. The highest BCUT2D eigenvalue weighted by Crippen LogP contribution is 2.28. The molecule has 120 valence electrons. The number of allylic oxidation sites excluding steroid dienone is 2. The molecule has 0 spiro atoms. The summed E-state index contributed by atoms with van der Waals surface area (Å²) in [5.41, 5.74) is 1.60. The number of methoxy groups -OCH3 is 1. The van der Waals surface area contributed by atoms with Crippen molar-refractivity contribution < 1.29 is 9.13 Å². The zero-order valence-corrected chi connectivity index (χ0v) is 14.2. The maximum absolute atomic E-state index is 14.4. The Kier molecular flexibility index (Phi) is 10.6. The summed E-state index contributed by atoms with van der Waals surface area (Å²) in [4.78, 5) is 4.02. The van der Waals surface area contributed by atoms with Gasteiger partial charge in [0.15, 0.2) is 5.83 Å². The Labute approximate surface area is 129 Å². The second kappa shape index (κ2) is 11.3. The van der Waals surface area contributed by atoms with Gasteiger partial charge in [-0.05, 0) is 31.9 Å². The molecule has 0 aromatic heterocycles. The fourth-order valence-corrected chi connectivity index (χ4v) is 2.22. The van der Waals surface area contributed by atoms with Gasteiger partial charge in [-0.1, -0.05) is 45.4 Å². The van der Waals surface area contributed by atoms with Gasteiger partial charge >= 0.3 is 0 Å². The molecule has 0 bridgehead atoms. The first-order valence-electron chi connectivity index (χ1n) is 7.75. The maximum Gasteiger partial charge on any atom is 0.165 e. The molecule has 0 aliphatic rings. The lowest BCUT2D eigenvalue weighted by atomic mass is 9.92. The van der Waals surface area contributed by atoms with Crippen molar-refractivity contribution in [2.24, 2.45) is 10.9 Å². The van der Waals surface area contributed by atoms with Crippen molar-refractivity contribution in [3.05, 3.63) is 35.4 Å². The van der Waals surface area contributed by atoms with Crippen LogP contribution in [0, 0.1) is 5.92 Å². The first kappa shape index (κ1) is 19.6. The van der Waals surface area contributed by atoms with Crippen molar-refractivity contribution in [3.63, 3.8) is 0 Å². The second-order valence-corrected chi connectivity index (χ2v) is 5.20. The molecule has 0 saturated heterocycles. The zero-order chi connectivity index (χ0) is 16.3. The van der Waals surface area contributed by atoms with E-state index in [9.17, 15) is 4.39 Å². The summed E-state index contributed by atoms with van der Waals surface area (Å²) in [5.74, 6) is 0.428. The molecule has 21 heavy (non-hydrogen) atoms. The van der Waals surface area contributed by atoms with E-state index in [1.807, 2.05) is 0 Å². The lowest BCUT2D eigenvalue weighted by Gasteiger charge is -2.18. The average Bonchev–Trinajstić information content (AvgIpc) is 2.48. The van der Waals surface area contributed by atoms with E-state index in [1.54, 1.807) is 13.1 Å². The molecule has 0 amide bonds. The molecule has 0 aliphatic carbocycles. The largest absolute Gasteiger partial charge is 0.498 e. The molecule has 0 aromatic carbocycles. The smallest absolute Gasteiger partial charge is 0.165 e. The molecule has 0 fully saturated rings. The van der Waals surface area contributed by atoms with E-state index >= 15 is 0 Å². The van der Waals surface area contributed by atoms with Crippen LogP contribution in [-0.4, -0.2) is 19.9 Å². The van der Waals surface area contributed by atoms with Gasteiger partial charge < -0.3 is 4.74 Å². The van der Waals surface area contributed by atoms with Crippen LogP contribution >= 0.6 is 0 Å². The molecule has 1 atom stereocenters. The number of rotatable bonds is 10. The van der Waals surface area contributed by atoms with Crippen LogP contribution in [0.2, 0.25) is 0 Å². The number of halogens is 1. The molecular formula is C18H30FNO. The topological polar surface area (TPSA) is 21.6 Å². The van der Waals surface area contributed by atoms with E-state index < -0.39 is 0 Å². The standard InChI is InChI=1S/C18H30FNO/c1-7-10-14(4)16(11-8-2)12-17(21-6)18(19)15(5)13-20-9-3/h9,11,14H,5,7-8,10,12-13H2,1-4,6H3/b16-11+,18-17-,20-9-. The van der Waals surface area contributed by atoms with E-state index in [-0.39, 0.29) is 12.4 Å². The minimum absolute atomic E-state index is 0.270. The summed E-state index contributed by atoms with van der Waals surface area (Å²) < 4.78 is 19.7. The van der Waals surface area contributed by atoms with E-state index in [0.29, 0.717) is 23.7 Å². The molecule has 0 saturated carbocycles. The van der Waals surface area contributed by atoms with Gasteiger partial charge in [0.05, 0.1) is 13.7 Å². The van der Waals surface area contributed by atoms with Gasteiger partial charge in [0.1, 0.15) is 5.76 Å². The second-order valence-electron chi connectivity index (χ2n) is 5.20. The van der Waals surface area contributed by atoms with Gasteiger partial charge in [0.2, 0.25) is 0 Å². The third-order valence-corrected chi connectivity index (χ3v) is 3.45. The zero-order valence-electron chi connectivity index (χ0n) is 14.2. The Morgan fingerprint density at radius 1 is 1.38 bits per heavy atom. The van der Waals surface area contributed by atoms with Crippen molar-refractivity contribution in [3.8, 4) is 0 Å². The van der Waals surface area contributed by atoms with Crippen molar-refractivity contribution in [2.75, 3.05) is 13.7 Å². The number of aliphatic imine (C=N–C) groups is 1. The normalized spacial score (nSPS) is 15.0. The average molecular weight is 295 g/mol. The third kappa shape index (κ3) is 7.26. The molecule has 0 radical (unpaired) electrons. The van der Waals surface area contributed by atoms with Crippen molar-refractivity contribution >= 4 is 6.21 Å². The minimum atomic E-state index is -0.367. The number of hydrogen-bond acceptors (Lipinski definition) is 2. The van der Waals surface area contributed by atoms with Gasteiger partial charge in [-0.15, -0.1) is 0 Å². The van der Waals surface area contributed by atoms with Crippen LogP contribution in [0.5, 0.6) is 0 Å². The summed E-state index contributed by atoms with van der Waals surface area (Å²) in [6.07, 6.45) is 7.51. The van der Waals surface area contributed by atoms with Crippen molar-refractivity contribution in [1.29, 1.82) is 0 Å². The summed E-state index contributed by atoms with van der Waals surface area (Å²) in [5, 5.41) is 0. The van der Waals surface area contributed by atoms with E-state index in [0.717, 1.165) is 19.3 Å². The summed E-state index contributed by atoms with van der Waals surface area (Å²) in [6.45, 7) is 12.3. The Morgan fingerprint density at radius 3 is 2.52 bits per heavy atom. The maximum atomic E-state index is 14.4. The molecule has 0 aromatic rings. The van der Waals surface area contributed by atoms with E-state index in [2.05, 4.69) is 38.4 Å². The van der Waals surface area contributed by atoms with E-state index in [1.165, 1.54) is 12.7 Å². The third-order valence-electron chi connectivity index (χ3n) is 3.45. The SMILES string of the molecule is C=C(C/N=C\C)/C(F)=C(\C/C(=C\CC)C(C)CCC)OC. The first-order chi connectivity index (χ1) is 10.0. The first-order valence-corrected chi connectivity index (χ1v) is 7.75. The summed E-state index contributed by atoms with van der Waals surface area (Å²) in [7, 11) is 1.51. The monoisotopic (exact) mass is 295 g/mol. The molecule has 0 aliphatic heterocycles. The van der Waals surface area contributed by atoms with Crippen LogP contribution in [0.4, 0.5) is 4.39 Å². The van der Waals surface area contributed by atoms with Crippen LogP contribution in [0.1, 0.15) is 53.4 Å². The Morgan fingerprint density at radius 2 is 2.05 bits per heavy atom. The molecule has 3 heteroatoms. The van der Waals surface area contributed by atoms with Gasteiger partial charge in [-0.3, -0.25) is 4.99 Å². The molecule has 0 rings (SSSR count). The van der Waals surface area contributed by atoms with Crippen LogP contribution in [-0.2, 0) is 4.74 Å². The molecule has 2 nitrogen and oxygen atoms in total. The number of ether oxygens (including phenoxy) is 1. The fourth-order valence-electron chi connectivity index (χ4n) is 2.22. The lowest BCUT2D eigenvalue weighted by molar-refractivity contribution is 0.265. The van der Waals surface area contributed by atoms with Crippen molar-refractivity contribution in [2.45, 2.75) is 53.4 Å². The number of hydrogen-bond donors (Lipinski definition) is 0. The van der Waals surface area contributed by atoms with Crippen LogP contribution < -0.4 is 0 Å². The highest BCUT2D eigenvalue weighted by atomic mass is 19.1. The Bertz CT molecular complexity index is 407. The quantitative estimate of drug-likeness (QED) is 0.222. The van der Waals surface area contributed by atoms with Crippen LogP contribution in [0.3, 0.4) is 0 Å².